The van der Waals surface area contributed by atoms with Crippen LogP contribution in [-0.2, 0) is 15.0 Å². The van der Waals surface area contributed by atoms with E-state index >= 15 is 0 Å². The van der Waals surface area contributed by atoms with E-state index in [1.807, 2.05) is 37.4 Å². The van der Waals surface area contributed by atoms with Gasteiger partial charge < -0.3 is 15.5 Å². The molecule has 2 aliphatic rings. The van der Waals surface area contributed by atoms with Crippen LogP contribution >= 0.6 is 0 Å². The van der Waals surface area contributed by atoms with Gasteiger partial charge in [0.25, 0.3) is 0 Å². The summed E-state index contributed by atoms with van der Waals surface area (Å²) in [7, 11) is 3.62. The summed E-state index contributed by atoms with van der Waals surface area (Å²) in [5, 5.41) is 5.83. The van der Waals surface area contributed by atoms with Crippen LogP contribution in [0.25, 0.3) is 0 Å². The Morgan fingerprint density at radius 3 is 2.45 bits per heavy atom. The van der Waals surface area contributed by atoms with Crippen LogP contribution < -0.4 is 10.6 Å². The number of carbonyl (C=O) groups is 2. The Morgan fingerprint density at radius 2 is 1.86 bits per heavy atom. The van der Waals surface area contributed by atoms with Crippen molar-refractivity contribution in [3.63, 3.8) is 0 Å². The van der Waals surface area contributed by atoms with Gasteiger partial charge in [-0.2, -0.15) is 0 Å². The molecule has 2 amide bonds. The number of likely N-dealkylation sites (tertiary alicyclic amines) is 1. The third-order valence-corrected chi connectivity index (χ3v) is 4.91. The predicted molar refractivity (Wildman–Crippen MR) is 84.3 cm³/mol. The molecule has 1 heterocycles. The lowest BCUT2D eigenvalue weighted by molar-refractivity contribution is -0.126. The first-order valence-corrected chi connectivity index (χ1v) is 7.83. The molecule has 118 valence electrons. The topological polar surface area (TPSA) is 61.4 Å². The number of nitrogens with one attached hydrogen (secondary N) is 2. The van der Waals surface area contributed by atoms with Gasteiger partial charge in [0.2, 0.25) is 11.8 Å². The second-order valence-corrected chi connectivity index (χ2v) is 6.47. The predicted octanol–water partition coefficient (Wildman–Crippen LogP) is 0.511. The molecule has 0 spiro atoms. The average Bonchev–Trinajstić information content (AvgIpc) is 3.27. The minimum Gasteiger partial charge on any atom is -0.359 e. The van der Waals surface area contributed by atoms with Crippen LogP contribution in [0.1, 0.15) is 18.4 Å². The maximum atomic E-state index is 12.8. The van der Waals surface area contributed by atoms with Crippen molar-refractivity contribution in [2.24, 2.45) is 5.92 Å². The van der Waals surface area contributed by atoms with E-state index in [0.717, 1.165) is 18.4 Å². The quantitative estimate of drug-likeness (QED) is 0.852. The fourth-order valence-electron chi connectivity index (χ4n) is 3.43. The summed E-state index contributed by atoms with van der Waals surface area (Å²) < 4.78 is 0. The van der Waals surface area contributed by atoms with Gasteiger partial charge in [0.1, 0.15) is 0 Å². The van der Waals surface area contributed by atoms with Gasteiger partial charge in [0, 0.05) is 20.1 Å². The molecule has 1 aromatic carbocycles. The normalized spacial score (nSPS) is 26.5. The maximum absolute atomic E-state index is 12.8. The molecule has 1 aliphatic carbocycles. The van der Waals surface area contributed by atoms with E-state index in [1.165, 1.54) is 0 Å². The molecule has 3 rings (SSSR count). The van der Waals surface area contributed by atoms with E-state index < -0.39 is 0 Å². The van der Waals surface area contributed by atoms with E-state index in [9.17, 15) is 9.59 Å². The Balaban J connectivity index is 1.73. The Hall–Kier alpha value is -1.88. The van der Waals surface area contributed by atoms with Crippen molar-refractivity contribution >= 4 is 11.8 Å². The lowest BCUT2D eigenvalue weighted by Gasteiger charge is -2.22. The largest absolute Gasteiger partial charge is 0.359 e. The van der Waals surface area contributed by atoms with Gasteiger partial charge in [-0.1, -0.05) is 30.3 Å². The molecule has 2 fully saturated rings. The van der Waals surface area contributed by atoms with Crippen molar-refractivity contribution < 1.29 is 9.59 Å². The first-order chi connectivity index (χ1) is 10.6. The molecular weight excluding hydrogens is 278 g/mol. The molecule has 5 nitrogen and oxygen atoms in total. The van der Waals surface area contributed by atoms with Crippen LogP contribution in [0.3, 0.4) is 0 Å². The van der Waals surface area contributed by atoms with Crippen LogP contribution in [0.5, 0.6) is 0 Å². The standard InChI is InChI=1S/C17H23N3O2/c1-18-15(21)13-10-20(2)11-14(13)19-16(22)17(8-9-17)12-6-4-3-5-7-12/h3-7,13-14H,8-11H2,1-2H3,(H,18,21)(H,19,22)/t13-,14+/m1/s1. The highest BCUT2D eigenvalue weighted by Crippen LogP contribution is 2.48. The smallest absolute Gasteiger partial charge is 0.230 e. The molecule has 0 bridgehead atoms. The highest BCUT2D eigenvalue weighted by atomic mass is 16.2. The van der Waals surface area contributed by atoms with Crippen LogP contribution in [0.2, 0.25) is 0 Å². The molecule has 1 aliphatic heterocycles. The van der Waals surface area contributed by atoms with Gasteiger partial charge in [-0.05, 0) is 25.5 Å². The summed E-state index contributed by atoms with van der Waals surface area (Å²) >= 11 is 0. The number of amides is 2. The van der Waals surface area contributed by atoms with Gasteiger partial charge in [-0.15, -0.1) is 0 Å². The lowest BCUT2D eigenvalue weighted by Crippen LogP contribution is -2.48. The summed E-state index contributed by atoms with van der Waals surface area (Å²) in [6.07, 6.45) is 1.77. The zero-order valence-electron chi connectivity index (χ0n) is 13.1. The van der Waals surface area contributed by atoms with Gasteiger partial charge in [-0.3, -0.25) is 9.59 Å². The minimum atomic E-state index is -0.379. The minimum absolute atomic E-state index is 0.000733. The van der Waals surface area contributed by atoms with Gasteiger partial charge >= 0.3 is 0 Å². The molecule has 5 heteroatoms. The lowest BCUT2D eigenvalue weighted by atomic mass is 9.93. The summed E-state index contributed by atoms with van der Waals surface area (Å²) in [5.41, 5.74) is 0.700. The zero-order chi connectivity index (χ0) is 15.7. The third kappa shape index (κ3) is 2.61. The van der Waals surface area contributed by atoms with Crippen LogP contribution in [0.4, 0.5) is 0 Å². The second kappa shape index (κ2) is 5.72. The molecule has 0 unspecified atom stereocenters. The Morgan fingerprint density at radius 1 is 1.18 bits per heavy atom. The van der Waals surface area contributed by atoms with Crippen LogP contribution in [-0.4, -0.2) is 49.9 Å². The molecule has 22 heavy (non-hydrogen) atoms. The SMILES string of the molecule is CNC(=O)[C@@H]1CN(C)C[C@@H]1NC(=O)C1(c2ccccc2)CC1. The number of rotatable bonds is 4. The fourth-order valence-corrected chi connectivity index (χ4v) is 3.43. The number of likely N-dealkylation sites (N-methyl/N-ethyl adjacent to an activating group) is 1. The van der Waals surface area contributed by atoms with Crippen LogP contribution in [0, 0.1) is 5.92 Å². The molecule has 0 aromatic heterocycles. The molecule has 1 aromatic rings. The van der Waals surface area contributed by atoms with Crippen molar-refractivity contribution in [3.05, 3.63) is 35.9 Å². The Kier molecular flexibility index (Phi) is 3.91. The molecule has 2 N–H and O–H groups in total. The number of benzene rings is 1. The monoisotopic (exact) mass is 301 g/mol. The van der Waals surface area contributed by atoms with Crippen molar-refractivity contribution in [3.8, 4) is 0 Å². The number of hydrogen-bond donors (Lipinski definition) is 2. The van der Waals surface area contributed by atoms with Crippen molar-refractivity contribution in [2.75, 3.05) is 27.2 Å². The van der Waals surface area contributed by atoms with E-state index in [0.29, 0.717) is 13.1 Å². The summed E-state index contributed by atoms with van der Waals surface area (Å²) in [6.45, 7) is 1.40. The van der Waals surface area contributed by atoms with Crippen molar-refractivity contribution in [1.82, 2.24) is 15.5 Å². The molecule has 2 atom stereocenters. The van der Waals surface area contributed by atoms with Crippen molar-refractivity contribution in [2.45, 2.75) is 24.3 Å². The van der Waals surface area contributed by atoms with E-state index in [1.54, 1.807) is 7.05 Å². The van der Waals surface area contributed by atoms with Gasteiger partial charge in [0.15, 0.2) is 0 Å². The van der Waals surface area contributed by atoms with E-state index in [4.69, 9.17) is 0 Å². The average molecular weight is 301 g/mol. The maximum Gasteiger partial charge on any atom is 0.230 e. The zero-order valence-corrected chi connectivity index (χ0v) is 13.1. The first kappa shape index (κ1) is 15.0. The van der Waals surface area contributed by atoms with Crippen LogP contribution in [0.15, 0.2) is 30.3 Å². The number of nitrogens with zero attached hydrogens (tertiary/aromatic N) is 1. The number of hydrogen-bond acceptors (Lipinski definition) is 3. The van der Waals surface area contributed by atoms with E-state index in [2.05, 4.69) is 15.5 Å². The summed E-state index contributed by atoms with van der Waals surface area (Å²) in [6, 6.07) is 9.83. The van der Waals surface area contributed by atoms with Crippen molar-refractivity contribution in [1.29, 1.82) is 0 Å². The molecular formula is C17H23N3O2. The summed E-state index contributed by atoms with van der Waals surface area (Å²) in [4.78, 5) is 26.9. The number of carbonyl (C=O) groups excluding carboxylic acids is 2. The fraction of sp³-hybridized carbons (Fsp3) is 0.529. The second-order valence-electron chi connectivity index (χ2n) is 6.47. The molecule has 0 radical (unpaired) electrons. The highest BCUT2D eigenvalue weighted by Gasteiger charge is 2.52. The highest BCUT2D eigenvalue weighted by molar-refractivity contribution is 5.92. The molecule has 1 saturated heterocycles. The van der Waals surface area contributed by atoms with E-state index in [-0.39, 0.29) is 29.2 Å². The first-order valence-electron chi connectivity index (χ1n) is 7.83. The summed E-state index contributed by atoms with van der Waals surface area (Å²) in [5.74, 6) is -0.113. The Labute approximate surface area is 131 Å². The molecule has 1 saturated carbocycles. The third-order valence-electron chi connectivity index (χ3n) is 4.91. The van der Waals surface area contributed by atoms with Gasteiger partial charge in [0.05, 0.1) is 17.4 Å². The van der Waals surface area contributed by atoms with Gasteiger partial charge in [-0.25, -0.2) is 0 Å². The Bertz CT molecular complexity index is 569.